The van der Waals surface area contributed by atoms with Gasteiger partial charge >= 0.3 is 0 Å². The minimum atomic E-state index is 0.473. The van der Waals surface area contributed by atoms with Gasteiger partial charge in [0.2, 0.25) is 0 Å². The summed E-state index contributed by atoms with van der Waals surface area (Å²) in [5.41, 5.74) is 1.05. The van der Waals surface area contributed by atoms with Crippen molar-refractivity contribution in [2.75, 3.05) is 6.54 Å². The van der Waals surface area contributed by atoms with Gasteiger partial charge in [-0.2, -0.15) is 0 Å². The lowest BCUT2D eigenvalue weighted by Gasteiger charge is -2.08. The molecule has 0 saturated heterocycles. The Bertz CT molecular complexity index is 481. The number of hydrogen-bond acceptors (Lipinski definition) is 3. The Labute approximate surface area is 105 Å². The van der Waals surface area contributed by atoms with Crippen LogP contribution in [0.25, 0.3) is 10.2 Å². The Morgan fingerprint density at radius 2 is 2.31 bits per heavy atom. The largest absolute Gasteiger partial charge is 0.314 e. The van der Waals surface area contributed by atoms with E-state index in [4.69, 9.17) is 11.6 Å². The molecule has 4 heteroatoms. The third kappa shape index (κ3) is 2.73. The summed E-state index contributed by atoms with van der Waals surface area (Å²) in [4.78, 5) is 4.60. The first-order valence-electron chi connectivity index (χ1n) is 5.47. The summed E-state index contributed by atoms with van der Waals surface area (Å²) in [6.45, 7) is 5.30. The van der Waals surface area contributed by atoms with Crippen LogP contribution in [-0.2, 0) is 6.42 Å². The molecule has 0 bridgehead atoms. The number of benzene rings is 1. The van der Waals surface area contributed by atoms with Crippen LogP contribution in [0.4, 0.5) is 0 Å². The molecule has 1 N–H and O–H groups in total. The second-order valence-electron chi connectivity index (χ2n) is 3.88. The predicted octanol–water partition coefficient (Wildman–Crippen LogP) is 3.49. The first-order chi connectivity index (χ1) is 7.69. The van der Waals surface area contributed by atoms with Gasteiger partial charge in [0.05, 0.1) is 15.2 Å². The van der Waals surface area contributed by atoms with Crippen molar-refractivity contribution in [1.29, 1.82) is 0 Å². The fourth-order valence-corrected chi connectivity index (χ4v) is 3.09. The summed E-state index contributed by atoms with van der Waals surface area (Å²) >= 11 is 7.68. The summed E-state index contributed by atoms with van der Waals surface area (Å²) in [6.07, 6.45) is 0.977. The van der Waals surface area contributed by atoms with Crippen LogP contribution in [0.15, 0.2) is 18.2 Å². The van der Waals surface area contributed by atoms with E-state index in [2.05, 4.69) is 24.1 Å². The average molecular weight is 255 g/mol. The topological polar surface area (TPSA) is 24.9 Å². The maximum Gasteiger partial charge on any atom is 0.0954 e. The molecular formula is C12H15ClN2S. The van der Waals surface area contributed by atoms with Gasteiger partial charge in [-0.05, 0) is 31.7 Å². The second kappa shape index (κ2) is 5.13. The van der Waals surface area contributed by atoms with Crippen molar-refractivity contribution >= 4 is 33.2 Å². The number of hydrogen-bond donors (Lipinski definition) is 1. The summed E-state index contributed by atoms with van der Waals surface area (Å²) in [6, 6.07) is 6.33. The molecule has 0 fully saturated rings. The molecule has 0 amide bonds. The van der Waals surface area contributed by atoms with Gasteiger partial charge in [-0.3, -0.25) is 0 Å². The van der Waals surface area contributed by atoms with Crippen LogP contribution in [0, 0.1) is 0 Å². The molecule has 0 aliphatic carbocycles. The maximum atomic E-state index is 5.95. The highest BCUT2D eigenvalue weighted by molar-refractivity contribution is 7.18. The second-order valence-corrected chi connectivity index (χ2v) is 5.43. The number of aromatic nitrogens is 1. The van der Waals surface area contributed by atoms with Crippen LogP contribution >= 0.6 is 22.9 Å². The molecule has 86 valence electrons. The fourth-order valence-electron chi connectivity index (χ4n) is 1.72. The SMILES string of the molecule is CCNC(C)Cc1nc2ccc(Cl)cc2s1. The van der Waals surface area contributed by atoms with Gasteiger partial charge in [0.25, 0.3) is 0 Å². The van der Waals surface area contributed by atoms with Gasteiger partial charge in [-0.1, -0.05) is 18.5 Å². The monoisotopic (exact) mass is 254 g/mol. The zero-order valence-electron chi connectivity index (χ0n) is 9.46. The minimum absolute atomic E-state index is 0.473. The number of halogens is 1. The van der Waals surface area contributed by atoms with Crippen LogP contribution in [0.1, 0.15) is 18.9 Å². The zero-order valence-corrected chi connectivity index (χ0v) is 11.0. The molecule has 1 heterocycles. The molecule has 0 saturated carbocycles. The molecular weight excluding hydrogens is 240 g/mol. The molecule has 0 aliphatic heterocycles. The van der Waals surface area contributed by atoms with E-state index >= 15 is 0 Å². The summed E-state index contributed by atoms with van der Waals surface area (Å²) in [5.74, 6) is 0. The lowest BCUT2D eigenvalue weighted by Crippen LogP contribution is -2.27. The molecule has 0 spiro atoms. The Morgan fingerprint density at radius 3 is 3.06 bits per heavy atom. The highest BCUT2D eigenvalue weighted by Crippen LogP contribution is 2.25. The molecule has 2 nitrogen and oxygen atoms in total. The first kappa shape index (κ1) is 11.8. The van der Waals surface area contributed by atoms with Gasteiger partial charge in [0.15, 0.2) is 0 Å². The van der Waals surface area contributed by atoms with E-state index < -0.39 is 0 Å². The Balaban J connectivity index is 2.19. The molecule has 1 atom stereocenters. The number of fused-ring (bicyclic) bond motifs is 1. The molecule has 2 aromatic rings. The van der Waals surface area contributed by atoms with Crippen LogP contribution < -0.4 is 5.32 Å². The van der Waals surface area contributed by atoms with Gasteiger partial charge in [-0.25, -0.2) is 4.98 Å². The highest BCUT2D eigenvalue weighted by Gasteiger charge is 2.07. The van der Waals surface area contributed by atoms with E-state index in [0.29, 0.717) is 6.04 Å². The van der Waals surface area contributed by atoms with Crippen molar-refractivity contribution in [3.05, 3.63) is 28.2 Å². The molecule has 1 aromatic heterocycles. The van der Waals surface area contributed by atoms with Crippen LogP contribution in [0.5, 0.6) is 0 Å². The lowest BCUT2D eigenvalue weighted by molar-refractivity contribution is 0.564. The van der Waals surface area contributed by atoms with Crippen LogP contribution in [0.3, 0.4) is 0 Å². The van der Waals surface area contributed by atoms with Crippen molar-refractivity contribution in [1.82, 2.24) is 10.3 Å². The van der Waals surface area contributed by atoms with Gasteiger partial charge in [-0.15, -0.1) is 11.3 Å². The van der Waals surface area contributed by atoms with Crippen molar-refractivity contribution in [2.45, 2.75) is 26.3 Å². The molecule has 0 aliphatic rings. The molecule has 16 heavy (non-hydrogen) atoms. The number of nitrogens with zero attached hydrogens (tertiary/aromatic N) is 1. The number of likely N-dealkylation sites (N-methyl/N-ethyl adjacent to an activating group) is 1. The molecule has 1 aromatic carbocycles. The molecule has 2 rings (SSSR count). The normalized spacial score (nSPS) is 13.2. The minimum Gasteiger partial charge on any atom is -0.314 e. The van der Waals surface area contributed by atoms with Crippen LogP contribution in [-0.4, -0.2) is 17.6 Å². The highest BCUT2D eigenvalue weighted by atomic mass is 35.5. The fraction of sp³-hybridized carbons (Fsp3) is 0.417. The van der Waals surface area contributed by atoms with Crippen molar-refractivity contribution in [2.24, 2.45) is 0 Å². The van der Waals surface area contributed by atoms with E-state index in [-0.39, 0.29) is 0 Å². The number of rotatable bonds is 4. The van der Waals surface area contributed by atoms with Gasteiger partial charge < -0.3 is 5.32 Å². The van der Waals surface area contributed by atoms with Crippen LogP contribution in [0.2, 0.25) is 5.02 Å². The Kier molecular flexibility index (Phi) is 3.79. The van der Waals surface area contributed by atoms with E-state index in [9.17, 15) is 0 Å². The Hall–Kier alpha value is -0.640. The molecule has 1 unspecified atom stereocenters. The van der Waals surface area contributed by atoms with E-state index in [1.54, 1.807) is 11.3 Å². The zero-order chi connectivity index (χ0) is 11.5. The van der Waals surface area contributed by atoms with Crippen molar-refractivity contribution in [3.63, 3.8) is 0 Å². The summed E-state index contributed by atoms with van der Waals surface area (Å²) in [5, 5.41) is 5.34. The number of thiazole rings is 1. The smallest absolute Gasteiger partial charge is 0.0954 e. The quantitative estimate of drug-likeness (QED) is 0.904. The van der Waals surface area contributed by atoms with Gasteiger partial charge in [0.1, 0.15) is 0 Å². The predicted molar refractivity (Wildman–Crippen MR) is 71.5 cm³/mol. The summed E-state index contributed by atoms with van der Waals surface area (Å²) in [7, 11) is 0. The average Bonchev–Trinajstić information content (AvgIpc) is 2.59. The third-order valence-corrected chi connectivity index (χ3v) is 3.70. The molecule has 0 radical (unpaired) electrons. The van der Waals surface area contributed by atoms with E-state index in [1.165, 1.54) is 9.71 Å². The lowest BCUT2D eigenvalue weighted by atomic mass is 10.2. The van der Waals surface area contributed by atoms with E-state index in [0.717, 1.165) is 23.5 Å². The third-order valence-electron chi connectivity index (χ3n) is 2.43. The van der Waals surface area contributed by atoms with E-state index in [1.807, 2.05) is 18.2 Å². The maximum absolute atomic E-state index is 5.95. The number of nitrogens with one attached hydrogen (secondary N) is 1. The van der Waals surface area contributed by atoms with Crippen molar-refractivity contribution in [3.8, 4) is 0 Å². The standard InChI is InChI=1S/C12H15ClN2S/c1-3-14-8(2)6-12-15-10-5-4-9(13)7-11(10)16-12/h4-5,7-8,14H,3,6H2,1-2H3. The summed E-state index contributed by atoms with van der Waals surface area (Å²) < 4.78 is 1.17. The Morgan fingerprint density at radius 1 is 1.50 bits per heavy atom. The first-order valence-corrected chi connectivity index (χ1v) is 6.67. The van der Waals surface area contributed by atoms with Gasteiger partial charge in [0, 0.05) is 17.5 Å². The van der Waals surface area contributed by atoms with Crippen molar-refractivity contribution < 1.29 is 0 Å².